The second kappa shape index (κ2) is 7.64. The predicted octanol–water partition coefficient (Wildman–Crippen LogP) is 6.53. The summed E-state index contributed by atoms with van der Waals surface area (Å²) in [6.07, 6.45) is 0.953. The van der Waals surface area contributed by atoms with Crippen LogP contribution < -0.4 is 0 Å². The van der Waals surface area contributed by atoms with Crippen molar-refractivity contribution in [2.75, 3.05) is 0 Å². The number of phenols is 1. The third kappa shape index (κ3) is 4.25. The Morgan fingerprint density at radius 1 is 1.15 bits per heavy atom. The standard InChI is InChI=1S/C20H25N3O3/c1-6-13(2)14-11-15(20(3,4)5)19(24)17(12-14)22-21-16-9-7-8-10-18(16)23(25)26/h7-13,24H,6H2,1-5H3/b22-21+. The Balaban J connectivity index is 2.57. The van der Waals surface area contributed by atoms with Gasteiger partial charge in [0.15, 0.2) is 5.69 Å². The highest BCUT2D eigenvalue weighted by Gasteiger charge is 2.23. The van der Waals surface area contributed by atoms with Crippen LogP contribution >= 0.6 is 0 Å². The molecule has 0 radical (unpaired) electrons. The molecule has 0 aliphatic heterocycles. The fourth-order valence-electron chi connectivity index (χ4n) is 2.62. The first-order chi connectivity index (χ1) is 12.1. The number of nitrogens with zero attached hydrogens (tertiary/aromatic N) is 3. The van der Waals surface area contributed by atoms with Crippen molar-refractivity contribution in [3.63, 3.8) is 0 Å². The number of rotatable bonds is 5. The SMILES string of the molecule is CCC(C)c1cc(/N=N/c2ccccc2[N+](=O)[O-])c(O)c(C(C)(C)C)c1. The lowest BCUT2D eigenvalue weighted by molar-refractivity contribution is -0.384. The average molecular weight is 355 g/mol. The van der Waals surface area contributed by atoms with E-state index in [4.69, 9.17) is 0 Å². The number of nitro benzene ring substituents is 1. The molecule has 0 bridgehead atoms. The molecule has 0 heterocycles. The molecule has 0 spiro atoms. The summed E-state index contributed by atoms with van der Waals surface area (Å²) in [4.78, 5) is 10.6. The van der Waals surface area contributed by atoms with Gasteiger partial charge in [-0.3, -0.25) is 10.1 Å². The molecule has 2 rings (SSSR count). The number of nitro groups is 1. The number of aromatic hydroxyl groups is 1. The summed E-state index contributed by atoms with van der Waals surface area (Å²) in [6.45, 7) is 10.3. The van der Waals surface area contributed by atoms with Crippen molar-refractivity contribution in [3.05, 3.63) is 57.6 Å². The van der Waals surface area contributed by atoms with Crippen LogP contribution in [0.5, 0.6) is 5.75 Å². The maximum absolute atomic E-state index is 11.1. The van der Waals surface area contributed by atoms with Gasteiger partial charge in [0, 0.05) is 11.6 Å². The molecule has 0 amide bonds. The number of phenolic OH excluding ortho intramolecular Hbond substituents is 1. The van der Waals surface area contributed by atoms with Gasteiger partial charge >= 0.3 is 0 Å². The van der Waals surface area contributed by atoms with Crippen LogP contribution in [0.15, 0.2) is 46.6 Å². The Morgan fingerprint density at radius 2 is 1.77 bits per heavy atom. The molecular formula is C20H25N3O3. The second-order valence-corrected chi connectivity index (χ2v) is 7.44. The lowest BCUT2D eigenvalue weighted by Crippen LogP contribution is -2.12. The zero-order valence-corrected chi connectivity index (χ0v) is 15.9. The lowest BCUT2D eigenvalue weighted by Gasteiger charge is -2.23. The Kier molecular flexibility index (Phi) is 5.75. The van der Waals surface area contributed by atoms with Crippen LogP contribution in [-0.2, 0) is 5.41 Å². The summed E-state index contributed by atoms with van der Waals surface area (Å²) in [5.74, 6) is 0.364. The maximum atomic E-state index is 11.1. The van der Waals surface area contributed by atoms with E-state index < -0.39 is 4.92 Å². The van der Waals surface area contributed by atoms with E-state index in [1.165, 1.54) is 12.1 Å². The zero-order valence-electron chi connectivity index (χ0n) is 15.9. The topological polar surface area (TPSA) is 88.1 Å². The normalized spacial score (nSPS) is 13.1. The minimum Gasteiger partial charge on any atom is -0.505 e. The van der Waals surface area contributed by atoms with Crippen molar-refractivity contribution >= 4 is 17.1 Å². The van der Waals surface area contributed by atoms with Gasteiger partial charge in [-0.15, -0.1) is 10.2 Å². The molecule has 2 aromatic rings. The fourth-order valence-corrected chi connectivity index (χ4v) is 2.62. The van der Waals surface area contributed by atoms with Gasteiger partial charge in [0.1, 0.15) is 11.4 Å². The van der Waals surface area contributed by atoms with E-state index in [9.17, 15) is 15.2 Å². The molecule has 138 valence electrons. The minimum absolute atomic E-state index is 0.0619. The van der Waals surface area contributed by atoms with Gasteiger partial charge < -0.3 is 5.11 Å². The largest absolute Gasteiger partial charge is 0.505 e. The van der Waals surface area contributed by atoms with Gasteiger partial charge in [0.05, 0.1) is 4.92 Å². The first-order valence-electron chi connectivity index (χ1n) is 8.67. The zero-order chi connectivity index (χ0) is 19.5. The van der Waals surface area contributed by atoms with Gasteiger partial charge in [0.25, 0.3) is 5.69 Å². The molecule has 1 unspecified atom stereocenters. The maximum Gasteiger partial charge on any atom is 0.296 e. The van der Waals surface area contributed by atoms with Crippen molar-refractivity contribution in [2.45, 2.75) is 52.4 Å². The molecule has 2 aromatic carbocycles. The van der Waals surface area contributed by atoms with Crippen LogP contribution in [0, 0.1) is 10.1 Å². The first-order valence-corrected chi connectivity index (χ1v) is 8.67. The molecule has 1 atom stereocenters. The lowest BCUT2D eigenvalue weighted by atomic mass is 9.83. The van der Waals surface area contributed by atoms with Gasteiger partial charge in [-0.2, -0.15) is 0 Å². The molecule has 0 saturated carbocycles. The molecule has 0 aliphatic rings. The molecule has 26 heavy (non-hydrogen) atoms. The summed E-state index contributed by atoms with van der Waals surface area (Å²) < 4.78 is 0. The predicted molar refractivity (Wildman–Crippen MR) is 103 cm³/mol. The summed E-state index contributed by atoms with van der Waals surface area (Å²) in [5, 5.41) is 30.0. The van der Waals surface area contributed by atoms with E-state index in [-0.39, 0.29) is 22.5 Å². The molecule has 0 saturated heterocycles. The highest BCUT2D eigenvalue weighted by Crippen LogP contribution is 2.41. The summed E-state index contributed by atoms with van der Waals surface area (Å²) in [6, 6.07) is 9.96. The van der Waals surface area contributed by atoms with Crippen LogP contribution in [-0.4, -0.2) is 10.0 Å². The van der Waals surface area contributed by atoms with E-state index >= 15 is 0 Å². The summed E-state index contributed by atoms with van der Waals surface area (Å²) >= 11 is 0. The quantitative estimate of drug-likeness (QED) is 0.376. The molecule has 0 fully saturated rings. The van der Waals surface area contributed by atoms with E-state index in [2.05, 4.69) is 24.1 Å². The highest BCUT2D eigenvalue weighted by molar-refractivity contribution is 5.61. The van der Waals surface area contributed by atoms with Crippen molar-refractivity contribution in [3.8, 4) is 5.75 Å². The Bertz CT molecular complexity index is 839. The van der Waals surface area contributed by atoms with Crippen molar-refractivity contribution in [1.82, 2.24) is 0 Å². The molecule has 6 nitrogen and oxygen atoms in total. The van der Waals surface area contributed by atoms with Gasteiger partial charge in [-0.05, 0) is 35.4 Å². The van der Waals surface area contributed by atoms with Crippen LogP contribution in [0.25, 0.3) is 0 Å². The third-order valence-electron chi connectivity index (χ3n) is 4.45. The van der Waals surface area contributed by atoms with Crippen LogP contribution in [0.3, 0.4) is 0 Å². The Labute approximate surface area is 153 Å². The Morgan fingerprint density at radius 3 is 2.35 bits per heavy atom. The van der Waals surface area contributed by atoms with Crippen molar-refractivity contribution < 1.29 is 10.0 Å². The van der Waals surface area contributed by atoms with E-state index in [0.29, 0.717) is 11.6 Å². The van der Waals surface area contributed by atoms with Gasteiger partial charge in [-0.25, -0.2) is 0 Å². The minimum atomic E-state index is -0.496. The molecule has 1 N–H and O–H groups in total. The third-order valence-corrected chi connectivity index (χ3v) is 4.45. The van der Waals surface area contributed by atoms with Crippen molar-refractivity contribution in [1.29, 1.82) is 0 Å². The fraction of sp³-hybridized carbons (Fsp3) is 0.400. The van der Waals surface area contributed by atoms with Crippen LogP contribution in [0.4, 0.5) is 17.1 Å². The number of benzene rings is 2. The summed E-state index contributed by atoms with van der Waals surface area (Å²) in [5.41, 5.74) is 1.94. The molecular weight excluding hydrogens is 330 g/mol. The first kappa shape index (κ1) is 19.6. The number of hydrogen-bond acceptors (Lipinski definition) is 5. The number of hydrogen-bond donors (Lipinski definition) is 1. The van der Waals surface area contributed by atoms with Gasteiger partial charge in [0.2, 0.25) is 0 Å². The monoisotopic (exact) mass is 355 g/mol. The van der Waals surface area contributed by atoms with E-state index in [0.717, 1.165) is 17.5 Å². The van der Waals surface area contributed by atoms with Crippen LogP contribution in [0.2, 0.25) is 0 Å². The number of para-hydroxylation sites is 1. The van der Waals surface area contributed by atoms with E-state index in [1.807, 2.05) is 26.8 Å². The van der Waals surface area contributed by atoms with Crippen LogP contribution in [0.1, 0.15) is 58.1 Å². The second-order valence-electron chi connectivity index (χ2n) is 7.44. The molecule has 0 aromatic heterocycles. The van der Waals surface area contributed by atoms with Crippen molar-refractivity contribution in [2.24, 2.45) is 10.2 Å². The Hall–Kier alpha value is -2.76. The smallest absolute Gasteiger partial charge is 0.296 e. The molecule has 0 aliphatic carbocycles. The highest BCUT2D eigenvalue weighted by atomic mass is 16.6. The molecule has 6 heteroatoms. The summed E-state index contributed by atoms with van der Waals surface area (Å²) in [7, 11) is 0. The van der Waals surface area contributed by atoms with Gasteiger partial charge in [-0.1, -0.05) is 52.8 Å². The average Bonchev–Trinajstić information content (AvgIpc) is 2.59. The number of azo groups is 1. The van der Waals surface area contributed by atoms with E-state index in [1.54, 1.807) is 18.2 Å².